The Morgan fingerprint density at radius 2 is 2.15 bits per heavy atom. The average molecular weight is 366 g/mol. The summed E-state index contributed by atoms with van der Waals surface area (Å²) in [6, 6.07) is 5.88. The van der Waals surface area contributed by atoms with Crippen LogP contribution in [0.4, 0.5) is 0 Å². The highest BCUT2D eigenvalue weighted by Gasteiger charge is 2.23. The number of hydrogen-bond acceptors (Lipinski definition) is 6. The fraction of sp³-hybridized carbons (Fsp3) is 0.158. The lowest BCUT2D eigenvalue weighted by molar-refractivity contribution is 0.0564. The summed E-state index contributed by atoms with van der Waals surface area (Å²) in [7, 11) is 1.26. The number of hydrogen-bond donors (Lipinski definition) is 1. The minimum Gasteiger partial charge on any atom is -0.478 e. The number of methoxy groups -OCH3 is 1. The van der Waals surface area contributed by atoms with Crippen molar-refractivity contribution < 1.29 is 23.8 Å². The van der Waals surface area contributed by atoms with E-state index in [4.69, 9.17) is 14.3 Å². The van der Waals surface area contributed by atoms with Crippen molar-refractivity contribution in [3.63, 3.8) is 0 Å². The molecule has 3 aromatic rings. The summed E-state index contributed by atoms with van der Waals surface area (Å²) in [5, 5.41) is 9.52. The standard InChI is InChI=1S/C19H14N2O6/c1-26-19(25)15-10(5-7-27-15)8-11-4-6-21-16(11)20-14-9-12(18(23)24)2-3-13(14)17(21)22/h2-3,5,7-9H,4,6H2,1H3,(H,23,24)/b11-8-. The van der Waals surface area contributed by atoms with Gasteiger partial charge < -0.3 is 14.3 Å². The van der Waals surface area contributed by atoms with Crippen LogP contribution in [0.2, 0.25) is 0 Å². The number of ether oxygens (including phenoxy) is 1. The van der Waals surface area contributed by atoms with Crippen LogP contribution in [-0.4, -0.2) is 33.7 Å². The molecule has 0 atom stereocenters. The molecule has 0 aliphatic carbocycles. The van der Waals surface area contributed by atoms with Crippen molar-refractivity contribution in [3.8, 4) is 0 Å². The van der Waals surface area contributed by atoms with Crippen LogP contribution >= 0.6 is 0 Å². The Labute approximate surface area is 152 Å². The smallest absolute Gasteiger partial charge is 0.374 e. The largest absolute Gasteiger partial charge is 0.478 e. The van der Waals surface area contributed by atoms with Crippen LogP contribution in [0.15, 0.2) is 39.7 Å². The van der Waals surface area contributed by atoms with Crippen molar-refractivity contribution in [2.45, 2.75) is 13.0 Å². The zero-order valence-corrected chi connectivity index (χ0v) is 14.3. The summed E-state index contributed by atoms with van der Waals surface area (Å²) >= 11 is 0. The van der Waals surface area contributed by atoms with Gasteiger partial charge in [0, 0.05) is 12.1 Å². The molecule has 1 aliphatic heterocycles. The number of carbonyl (C=O) groups excluding carboxylic acids is 1. The molecule has 0 saturated heterocycles. The van der Waals surface area contributed by atoms with Gasteiger partial charge in [-0.1, -0.05) is 0 Å². The number of aromatic carboxylic acids is 1. The monoisotopic (exact) mass is 366 g/mol. The van der Waals surface area contributed by atoms with Gasteiger partial charge in [0.1, 0.15) is 5.82 Å². The van der Waals surface area contributed by atoms with E-state index in [2.05, 4.69) is 4.98 Å². The number of aromatic nitrogens is 2. The third-order valence-corrected chi connectivity index (χ3v) is 4.49. The Kier molecular flexibility index (Phi) is 3.88. The summed E-state index contributed by atoms with van der Waals surface area (Å²) in [4.78, 5) is 40.2. The topological polar surface area (TPSA) is 112 Å². The number of nitrogens with zero attached hydrogens (tertiary/aromatic N) is 2. The normalized spacial score (nSPS) is 14.5. The lowest BCUT2D eigenvalue weighted by Crippen LogP contribution is -2.21. The van der Waals surface area contributed by atoms with E-state index >= 15 is 0 Å². The number of carboxylic acid groups (broad SMARTS) is 1. The molecule has 0 saturated carbocycles. The quantitative estimate of drug-likeness (QED) is 0.709. The predicted octanol–water partition coefficient (Wildman–Crippen LogP) is 2.42. The van der Waals surface area contributed by atoms with Gasteiger partial charge >= 0.3 is 11.9 Å². The second-order valence-electron chi connectivity index (χ2n) is 6.05. The van der Waals surface area contributed by atoms with Gasteiger partial charge in [-0.25, -0.2) is 14.6 Å². The summed E-state index contributed by atoms with van der Waals surface area (Å²) in [6.07, 6.45) is 3.66. The molecule has 8 nitrogen and oxygen atoms in total. The molecule has 0 amide bonds. The van der Waals surface area contributed by atoms with Gasteiger partial charge in [0.25, 0.3) is 5.56 Å². The Morgan fingerprint density at radius 3 is 2.89 bits per heavy atom. The summed E-state index contributed by atoms with van der Waals surface area (Å²) < 4.78 is 11.4. The number of benzene rings is 1. The van der Waals surface area contributed by atoms with Crippen LogP contribution in [0.5, 0.6) is 0 Å². The SMILES string of the molecule is COC(=O)c1occc1/C=C1/CCn2c1nc1cc(C(=O)O)ccc1c2=O. The van der Waals surface area contributed by atoms with Gasteiger partial charge in [-0.05, 0) is 42.3 Å². The molecule has 4 rings (SSSR count). The lowest BCUT2D eigenvalue weighted by Gasteiger charge is -2.06. The number of carbonyl (C=O) groups is 2. The molecule has 3 heterocycles. The second-order valence-corrected chi connectivity index (χ2v) is 6.05. The van der Waals surface area contributed by atoms with E-state index in [0.29, 0.717) is 35.3 Å². The van der Waals surface area contributed by atoms with E-state index in [1.54, 1.807) is 16.7 Å². The molecule has 2 aromatic heterocycles. The van der Waals surface area contributed by atoms with Gasteiger partial charge in [0.2, 0.25) is 5.76 Å². The van der Waals surface area contributed by atoms with Crippen LogP contribution in [0.25, 0.3) is 22.6 Å². The molecule has 0 bridgehead atoms. The number of esters is 1. The summed E-state index contributed by atoms with van der Waals surface area (Å²) in [5.41, 5.74) is 1.43. The molecule has 0 unspecified atom stereocenters. The molecule has 0 spiro atoms. The van der Waals surface area contributed by atoms with Crippen LogP contribution in [0.1, 0.15) is 38.7 Å². The Balaban J connectivity index is 1.87. The number of allylic oxidation sites excluding steroid dienone is 1. The molecule has 136 valence electrons. The number of fused-ring (bicyclic) bond motifs is 2. The van der Waals surface area contributed by atoms with Crippen molar-refractivity contribution in [1.82, 2.24) is 9.55 Å². The lowest BCUT2D eigenvalue weighted by atomic mass is 10.1. The molecular formula is C19H14N2O6. The first-order valence-corrected chi connectivity index (χ1v) is 8.14. The van der Waals surface area contributed by atoms with Gasteiger partial charge in [0.05, 0.1) is 29.8 Å². The molecular weight excluding hydrogens is 352 g/mol. The van der Waals surface area contributed by atoms with Crippen LogP contribution in [-0.2, 0) is 11.3 Å². The highest BCUT2D eigenvalue weighted by atomic mass is 16.5. The van der Waals surface area contributed by atoms with Crippen molar-refractivity contribution in [1.29, 1.82) is 0 Å². The molecule has 0 fully saturated rings. The highest BCUT2D eigenvalue weighted by molar-refractivity contribution is 5.95. The zero-order valence-electron chi connectivity index (χ0n) is 14.3. The van der Waals surface area contributed by atoms with Crippen LogP contribution in [0.3, 0.4) is 0 Å². The van der Waals surface area contributed by atoms with Gasteiger partial charge in [0.15, 0.2) is 0 Å². The summed E-state index contributed by atoms with van der Waals surface area (Å²) in [6.45, 7) is 0.453. The molecule has 0 radical (unpaired) electrons. The number of carboxylic acids is 1. The second kappa shape index (κ2) is 6.24. The Morgan fingerprint density at radius 1 is 1.33 bits per heavy atom. The minimum atomic E-state index is -1.09. The van der Waals surface area contributed by atoms with Crippen molar-refractivity contribution in [2.24, 2.45) is 0 Å². The molecule has 1 N–H and O–H groups in total. The van der Waals surface area contributed by atoms with Crippen molar-refractivity contribution >= 4 is 34.5 Å². The van der Waals surface area contributed by atoms with E-state index in [1.165, 1.54) is 31.6 Å². The molecule has 8 heteroatoms. The number of rotatable bonds is 3. The average Bonchev–Trinajstić information content (AvgIpc) is 3.29. The van der Waals surface area contributed by atoms with Gasteiger partial charge in [-0.15, -0.1) is 0 Å². The Bertz CT molecular complexity index is 1180. The fourth-order valence-electron chi connectivity index (χ4n) is 3.17. The molecule has 1 aliphatic rings. The fourth-order valence-corrected chi connectivity index (χ4v) is 3.17. The van der Waals surface area contributed by atoms with Gasteiger partial charge in [-0.3, -0.25) is 9.36 Å². The predicted molar refractivity (Wildman–Crippen MR) is 95.5 cm³/mol. The first kappa shape index (κ1) is 16.8. The van der Waals surface area contributed by atoms with E-state index in [9.17, 15) is 14.4 Å². The zero-order chi connectivity index (χ0) is 19.1. The maximum atomic E-state index is 12.7. The van der Waals surface area contributed by atoms with E-state index < -0.39 is 11.9 Å². The maximum Gasteiger partial charge on any atom is 0.374 e. The van der Waals surface area contributed by atoms with E-state index in [1.807, 2.05) is 0 Å². The third kappa shape index (κ3) is 2.71. The molecule has 27 heavy (non-hydrogen) atoms. The van der Waals surface area contributed by atoms with Gasteiger partial charge in [-0.2, -0.15) is 0 Å². The Hall–Kier alpha value is -3.68. The highest BCUT2D eigenvalue weighted by Crippen LogP contribution is 2.29. The van der Waals surface area contributed by atoms with E-state index in [0.717, 1.165) is 5.57 Å². The minimum absolute atomic E-state index is 0.0608. The third-order valence-electron chi connectivity index (χ3n) is 4.49. The summed E-state index contributed by atoms with van der Waals surface area (Å²) in [5.74, 6) is -1.16. The number of furan rings is 1. The molecule has 1 aromatic carbocycles. The first-order chi connectivity index (χ1) is 13.0. The van der Waals surface area contributed by atoms with Crippen LogP contribution < -0.4 is 5.56 Å². The maximum absolute atomic E-state index is 12.7. The van der Waals surface area contributed by atoms with Crippen molar-refractivity contribution in [2.75, 3.05) is 7.11 Å². The first-order valence-electron chi connectivity index (χ1n) is 8.14. The van der Waals surface area contributed by atoms with Crippen molar-refractivity contribution in [3.05, 3.63) is 63.6 Å². The van der Waals surface area contributed by atoms with Crippen LogP contribution in [0, 0.1) is 0 Å². The van der Waals surface area contributed by atoms with E-state index in [-0.39, 0.29) is 16.9 Å².